The predicted octanol–water partition coefficient (Wildman–Crippen LogP) is 8.60. The van der Waals surface area contributed by atoms with Crippen molar-refractivity contribution in [3.8, 4) is 44.9 Å². The Morgan fingerprint density at radius 1 is 0.595 bits per heavy atom. The van der Waals surface area contributed by atoms with E-state index in [4.69, 9.17) is 9.47 Å². The highest BCUT2D eigenvalue weighted by Crippen LogP contribution is 2.39. The van der Waals surface area contributed by atoms with E-state index in [1.807, 2.05) is 64.1 Å². The Morgan fingerprint density at radius 2 is 0.952 bits per heavy atom. The molecule has 0 saturated heterocycles. The van der Waals surface area contributed by atoms with E-state index in [2.05, 4.69) is 36.6 Å². The zero-order valence-electron chi connectivity index (χ0n) is 25.9. The Morgan fingerprint density at radius 3 is 1.29 bits per heavy atom. The molecule has 0 heterocycles. The summed E-state index contributed by atoms with van der Waals surface area (Å²) in [5, 5.41) is 6.55. The number of halogens is 2. The molecule has 222 valence electrons. The van der Waals surface area contributed by atoms with Crippen molar-refractivity contribution in [3.05, 3.63) is 94.6 Å². The van der Waals surface area contributed by atoms with Crippen LogP contribution in [-0.4, -0.2) is 26.3 Å². The zero-order chi connectivity index (χ0) is 30.6. The fraction of sp³-hybridized carbons (Fsp3) is 0.333. The minimum Gasteiger partial charge on any atom is -0.496 e. The van der Waals surface area contributed by atoms with Gasteiger partial charge in [0.15, 0.2) is 0 Å². The summed E-state index contributed by atoms with van der Waals surface area (Å²) >= 11 is 0. The van der Waals surface area contributed by atoms with Crippen LogP contribution in [0.5, 0.6) is 11.5 Å². The van der Waals surface area contributed by atoms with Crippen LogP contribution in [0.25, 0.3) is 33.4 Å². The molecule has 0 bridgehead atoms. The van der Waals surface area contributed by atoms with Gasteiger partial charge < -0.3 is 20.1 Å². The van der Waals surface area contributed by atoms with E-state index in [-0.39, 0.29) is 23.7 Å². The van der Waals surface area contributed by atoms with Gasteiger partial charge in [-0.3, -0.25) is 0 Å². The van der Waals surface area contributed by atoms with Crippen molar-refractivity contribution >= 4 is 0 Å². The van der Waals surface area contributed by atoms with Crippen LogP contribution in [0.3, 0.4) is 0 Å². The smallest absolute Gasteiger partial charge is 0.132 e. The second-order valence-corrected chi connectivity index (χ2v) is 11.3. The van der Waals surface area contributed by atoms with Crippen molar-refractivity contribution in [1.29, 1.82) is 0 Å². The van der Waals surface area contributed by atoms with Gasteiger partial charge >= 0.3 is 0 Å². The van der Waals surface area contributed by atoms with Crippen molar-refractivity contribution in [1.82, 2.24) is 10.6 Å². The highest BCUT2D eigenvalue weighted by Gasteiger charge is 2.19. The average Bonchev–Trinajstić information content (AvgIpc) is 2.95. The molecule has 0 aromatic heterocycles. The lowest BCUT2D eigenvalue weighted by molar-refractivity contribution is 0.400. The second-order valence-electron chi connectivity index (χ2n) is 11.3. The van der Waals surface area contributed by atoms with E-state index in [0.717, 1.165) is 44.5 Å². The predicted molar refractivity (Wildman–Crippen MR) is 169 cm³/mol. The van der Waals surface area contributed by atoms with Crippen LogP contribution in [0.4, 0.5) is 8.78 Å². The topological polar surface area (TPSA) is 42.5 Å². The fourth-order valence-electron chi connectivity index (χ4n) is 5.33. The summed E-state index contributed by atoms with van der Waals surface area (Å²) in [6.45, 7) is 13.0. The number of benzene rings is 4. The van der Waals surface area contributed by atoms with Gasteiger partial charge in [0.2, 0.25) is 0 Å². The van der Waals surface area contributed by atoms with E-state index in [0.29, 0.717) is 35.7 Å². The van der Waals surface area contributed by atoms with Crippen LogP contribution < -0.4 is 20.1 Å². The summed E-state index contributed by atoms with van der Waals surface area (Å²) in [5.41, 5.74) is 8.48. The first-order valence-corrected chi connectivity index (χ1v) is 14.5. The van der Waals surface area contributed by atoms with Crippen LogP contribution in [0.2, 0.25) is 0 Å². The standard InChI is InChI=1S/C36H42F2N2O2/c1-21(2)39-19-31-33(37)15-25(17-35(31)41-7)27-11-9-13-29(23(27)5)30-14-10-12-28(24(30)6)26-16-34(38)32(20-40-22(3)4)36(18-26)42-8/h9-18,21-22,39-40H,19-20H2,1-8H3. The van der Waals surface area contributed by atoms with E-state index >= 15 is 8.78 Å². The highest BCUT2D eigenvalue weighted by atomic mass is 19.1. The summed E-state index contributed by atoms with van der Waals surface area (Å²) in [5.74, 6) is 0.431. The molecule has 0 amide bonds. The number of nitrogens with one attached hydrogen (secondary N) is 2. The van der Waals surface area contributed by atoms with Gasteiger partial charge in [0.05, 0.1) is 14.2 Å². The molecule has 42 heavy (non-hydrogen) atoms. The highest BCUT2D eigenvalue weighted by molar-refractivity contribution is 5.84. The summed E-state index contributed by atoms with van der Waals surface area (Å²) in [6.07, 6.45) is 0. The molecule has 0 radical (unpaired) electrons. The molecule has 0 saturated carbocycles. The SMILES string of the molecule is COc1cc(-c2cccc(-c3cccc(-c4cc(F)c(CNC(C)C)c(OC)c4)c3C)c2C)cc(F)c1CNC(C)C. The molecule has 2 N–H and O–H groups in total. The normalized spacial score (nSPS) is 11.4. The van der Waals surface area contributed by atoms with Crippen molar-refractivity contribution in [2.24, 2.45) is 0 Å². The maximum absolute atomic E-state index is 15.3. The Kier molecular flexibility index (Phi) is 10.0. The van der Waals surface area contributed by atoms with Crippen LogP contribution in [0.1, 0.15) is 49.9 Å². The third kappa shape index (κ3) is 6.66. The fourth-order valence-corrected chi connectivity index (χ4v) is 5.33. The number of ether oxygens (including phenoxy) is 2. The average molecular weight is 573 g/mol. The second kappa shape index (κ2) is 13.5. The molecule has 0 atom stereocenters. The maximum Gasteiger partial charge on any atom is 0.132 e. The molecule has 0 fully saturated rings. The molecule has 0 spiro atoms. The van der Waals surface area contributed by atoms with Crippen molar-refractivity contribution in [3.63, 3.8) is 0 Å². The quantitative estimate of drug-likeness (QED) is 0.189. The molecular formula is C36H42F2N2O2. The molecule has 4 rings (SSSR count). The van der Waals surface area contributed by atoms with Crippen LogP contribution in [-0.2, 0) is 13.1 Å². The van der Waals surface area contributed by atoms with Crippen LogP contribution >= 0.6 is 0 Å². The third-order valence-electron chi connectivity index (χ3n) is 7.70. The van der Waals surface area contributed by atoms with Gasteiger partial charge in [-0.2, -0.15) is 0 Å². The molecule has 4 aromatic carbocycles. The van der Waals surface area contributed by atoms with Crippen LogP contribution in [0.15, 0.2) is 60.7 Å². The lowest BCUT2D eigenvalue weighted by Gasteiger charge is -2.19. The van der Waals surface area contributed by atoms with Crippen molar-refractivity contribution in [2.75, 3.05) is 14.2 Å². The summed E-state index contributed by atoms with van der Waals surface area (Å²) < 4.78 is 41.9. The monoisotopic (exact) mass is 572 g/mol. The van der Waals surface area contributed by atoms with Gasteiger partial charge in [0, 0.05) is 36.3 Å². The maximum atomic E-state index is 15.3. The first kappa shape index (κ1) is 31.2. The molecular weight excluding hydrogens is 530 g/mol. The van der Waals surface area contributed by atoms with Gasteiger partial charge in [0.25, 0.3) is 0 Å². The van der Waals surface area contributed by atoms with Crippen LogP contribution in [0, 0.1) is 25.5 Å². The number of hydrogen-bond donors (Lipinski definition) is 2. The van der Waals surface area contributed by atoms with E-state index in [1.54, 1.807) is 26.4 Å². The summed E-state index contributed by atoms with van der Waals surface area (Å²) in [6, 6.07) is 19.5. The molecule has 0 unspecified atom stereocenters. The van der Waals surface area contributed by atoms with Gasteiger partial charge in [-0.05, 0) is 82.6 Å². The Labute approximate surface area is 249 Å². The Bertz CT molecular complexity index is 1450. The van der Waals surface area contributed by atoms with Crippen molar-refractivity contribution in [2.45, 2.75) is 66.7 Å². The summed E-state index contributed by atoms with van der Waals surface area (Å²) in [7, 11) is 3.14. The van der Waals surface area contributed by atoms with Gasteiger partial charge in [0.1, 0.15) is 23.1 Å². The molecule has 4 aromatic rings. The van der Waals surface area contributed by atoms with E-state index < -0.39 is 0 Å². The minimum absolute atomic E-state index is 0.226. The van der Waals surface area contributed by atoms with Gasteiger partial charge in [-0.25, -0.2) is 8.78 Å². The van der Waals surface area contributed by atoms with Gasteiger partial charge in [-0.15, -0.1) is 0 Å². The first-order valence-electron chi connectivity index (χ1n) is 14.5. The Hall–Kier alpha value is -3.74. The number of rotatable bonds is 11. The molecule has 0 aliphatic rings. The molecule has 6 heteroatoms. The van der Waals surface area contributed by atoms with E-state index in [9.17, 15) is 0 Å². The lowest BCUT2D eigenvalue weighted by Crippen LogP contribution is -2.22. The molecule has 0 aliphatic heterocycles. The van der Waals surface area contributed by atoms with E-state index in [1.165, 1.54) is 0 Å². The Balaban J connectivity index is 1.77. The van der Waals surface area contributed by atoms with Gasteiger partial charge in [-0.1, -0.05) is 64.1 Å². The van der Waals surface area contributed by atoms with Crippen molar-refractivity contribution < 1.29 is 18.3 Å². The molecule has 4 nitrogen and oxygen atoms in total. The third-order valence-corrected chi connectivity index (χ3v) is 7.70. The number of methoxy groups -OCH3 is 2. The lowest BCUT2D eigenvalue weighted by atomic mass is 9.87. The minimum atomic E-state index is -0.302. The first-order chi connectivity index (χ1) is 20.0. The summed E-state index contributed by atoms with van der Waals surface area (Å²) in [4.78, 5) is 0. The zero-order valence-corrected chi connectivity index (χ0v) is 25.9. The largest absolute Gasteiger partial charge is 0.496 e. The molecule has 0 aliphatic carbocycles. The number of hydrogen-bond acceptors (Lipinski definition) is 4.